The molecule has 0 bridgehead atoms. The summed E-state index contributed by atoms with van der Waals surface area (Å²) >= 11 is 0. The zero-order chi connectivity index (χ0) is 46.9. The smallest absolute Gasteiger partial charge is 0.120 e. The molecule has 0 N–H and O–H groups in total. The van der Waals surface area contributed by atoms with Gasteiger partial charge in [0.25, 0.3) is 0 Å². The highest BCUT2D eigenvalue weighted by Gasteiger charge is 2.43. The van der Waals surface area contributed by atoms with E-state index in [9.17, 15) is 0 Å². The lowest BCUT2D eigenvalue weighted by atomic mass is 10.1. The van der Waals surface area contributed by atoms with Gasteiger partial charge in [-0.1, -0.05) is 171 Å². The third-order valence-corrected chi connectivity index (χ3v) is 21.8. The van der Waals surface area contributed by atoms with Gasteiger partial charge in [-0.05, 0) is 102 Å². The molecule has 0 atom stereocenters. The molecule has 5 heteroatoms. The first-order valence-electron chi connectivity index (χ1n) is 24.5. The molecule has 334 valence electrons. The molecule has 0 saturated heterocycles. The number of nitrogens with zero attached hydrogens (tertiary/aromatic N) is 4. The normalized spacial score (nSPS) is 12.6. The van der Waals surface area contributed by atoms with Crippen LogP contribution in [0.5, 0.6) is 0 Å². The first-order chi connectivity index (χ1) is 34.3. The quantitative estimate of drug-likeness (QED) is 0.148. The van der Waals surface area contributed by atoms with Gasteiger partial charge in [0, 0.05) is 65.8 Å². The fourth-order valence-corrected chi connectivity index (χ4v) is 15.9. The van der Waals surface area contributed by atoms with E-state index in [2.05, 4.69) is 276 Å². The molecule has 0 unspecified atom stereocenters. The molecule has 0 aliphatic carbocycles. The van der Waals surface area contributed by atoms with Crippen LogP contribution in [0.2, 0.25) is 11.6 Å². The number of para-hydroxylation sites is 6. The standard InChI is InChI=1S/C65H50N4Si/c1-65(2,3)70(4,47-21-17-19-43(39-47)66-61-33-15-9-27-53(61)55-41-45(35-37-63(55)66)68-57-29-11-5-23-49(57)50-24-6-12-30-58(50)68)48-22-18-20-44(40-48)67-62-34-16-10-28-54(62)56-42-46(36-38-64(56)67)69-59-31-13-7-25-51(59)52-26-8-14-32-60(52)69/h5-42H,1-4H3. The summed E-state index contributed by atoms with van der Waals surface area (Å²) in [5.41, 5.74) is 14.4. The maximum absolute atomic E-state index is 2.58. The molecular formula is C65H50N4Si. The van der Waals surface area contributed by atoms with E-state index in [1.165, 1.54) is 120 Å². The number of rotatable bonds is 6. The lowest BCUT2D eigenvalue weighted by molar-refractivity contribution is 0.734. The van der Waals surface area contributed by atoms with E-state index in [1.54, 1.807) is 0 Å². The first kappa shape index (κ1) is 40.7. The van der Waals surface area contributed by atoms with Crippen molar-refractivity contribution in [2.24, 2.45) is 0 Å². The maximum Gasteiger partial charge on any atom is 0.120 e. The van der Waals surface area contributed by atoms with Crippen molar-refractivity contribution in [2.45, 2.75) is 32.4 Å². The molecule has 0 radical (unpaired) electrons. The minimum Gasteiger partial charge on any atom is -0.309 e. The predicted octanol–water partition coefficient (Wildman–Crippen LogP) is 16.1. The molecule has 0 aliphatic rings. The second-order valence-electron chi connectivity index (χ2n) is 20.3. The molecule has 0 spiro atoms. The molecule has 10 aromatic carbocycles. The molecule has 0 aliphatic heterocycles. The Morgan fingerprint density at radius 2 is 0.514 bits per heavy atom. The molecule has 14 rings (SSSR count). The van der Waals surface area contributed by atoms with Crippen LogP contribution in [0.25, 0.3) is 110 Å². The Kier molecular flexibility index (Phi) is 8.75. The van der Waals surface area contributed by atoms with E-state index in [0.29, 0.717) is 0 Å². The summed E-state index contributed by atoms with van der Waals surface area (Å²) in [5, 5.41) is 12.9. The van der Waals surface area contributed by atoms with Crippen LogP contribution in [-0.4, -0.2) is 26.3 Å². The van der Waals surface area contributed by atoms with Crippen LogP contribution < -0.4 is 10.4 Å². The van der Waals surface area contributed by atoms with Gasteiger partial charge in [-0.2, -0.15) is 0 Å². The van der Waals surface area contributed by atoms with Crippen LogP contribution in [0.3, 0.4) is 0 Å². The number of fused-ring (bicyclic) bond motifs is 12. The summed E-state index contributed by atoms with van der Waals surface area (Å²) in [6.45, 7) is 9.93. The summed E-state index contributed by atoms with van der Waals surface area (Å²) < 4.78 is 9.83. The van der Waals surface area contributed by atoms with Gasteiger partial charge in [0.1, 0.15) is 8.07 Å². The van der Waals surface area contributed by atoms with Crippen LogP contribution in [0, 0.1) is 0 Å². The second kappa shape index (κ2) is 15.1. The van der Waals surface area contributed by atoms with Crippen molar-refractivity contribution in [3.05, 3.63) is 231 Å². The third kappa shape index (κ3) is 5.76. The van der Waals surface area contributed by atoms with Gasteiger partial charge < -0.3 is 18.3 Å². The molecule has 0 amide bonds. The van der Waals surface area contributed by atoms with Crippen molar-refractivity contribution >= 4 is 106 Å². The third-order valence-electron chi connectivity index (χ3n) is 15.9. The predicted molar refractivity (Wildman–Crippen MR) is 301 cm³/mol. The largest absolute Gasteiger partial charge is 0.309 e. The summed E-state index contributed by atoms with van der Waals surface area (Å²) in [5.74, 6) is 0. The van der Waals surface area contributed by atoms with Gasteiger partial charge in [-0.25, -0.2) is 0 Å². The van der Waals surface area contributed by atoms with E-state index < -0.39 is 8.07 Å². The first-order valence-corrected chi connectivity index (χ1v) is 27.0. The van der Waals surface area contributed by atoms with E-state index in [0.717, 1.165) is 0 Å². The second-order valence-corrected chi connectivity index (χ2v) is 25.2. The zero-order valence-electron chi connectivity index (χ0n) is 39.7. The Bertz CT molecular complexity index is 4050. The van der Waals surface area contributed by atoms with Crippen molar-refractivity contribution in [3.63, 3.8) is 0 Å². The lowest BCUT2D eigenvalue weighted by Gasteiger charge is -2.41. The van der Waals surface area contributed by atoms with E-state index in [1.807, 2.05) is 0 Å². The number of aromatic nitrogens is 4. The Labute approximate surface area is 407 Å². The molecule has 4 nitrogen and oxygen atoms in total. The van der Waals surface area contributed by atoms with Crippen LogP contribution >= 0.6 is 0 Å². The molecule has 0 fully saturated rings. The molecular weight excluding hydrogens is 865 g/mol. The fourth-order valence-electron chi connectivity index (χ4n) is 12.1. The van der Waals surface area contributed by atoms with Gasteiger partial charge in [-0.3, -0.25) is 0 Å². The topological polar surface area (TPSA) is 19.7 Å². The van der Waals surface area contributed by atoms with Gasteiger partial charge in [0.2, 0.25) is 0 Å². The SMILES string of the molecule is CC(C)(C)[Si](C)(c1cccc(-n2c3ccccc3c3cc(-n4c5ccccc5c5ccccc54)ccc32)c1)c1cccc(-n2c3ccccc3c3cc(-n4c5ccccc5c5ccccc54)ccc32)c1. The van der Waals surface area contributed by atoms with Crippen molar-refractivity contribution in [1.29, 1.82) is 0 Å². The zero-order valence-corrected chi connectivity index (χ0v) is 40.7. The highest BCUT2D eigenvalue weighted by molar-refractivity contribution is 7.03. The average molecular weight is 915 g/mol. The van der Waals surface area contributed by atoms with E-state index in [-0.39, 0.29) is 5.04 Å². The number of hydrogen-bond donors (Lipinski definition) is 0. The highest BCUT2D eigenvalue weighted by atomic mass is 28.3. The summed E-state index contributed by atoms with van der Waals surface area (Å²) in [6, 6.07) is 86.0. The van der Waals surface area contributed by atoms with E-state index >= 15 is 0 Å². The van der Waals surface area contributed by atoms with Gasteiger partial charge in [0.05, 0.1) is 44.1 Å². The van der Waals surface area contributed by atoms with Crippen LogP contribution in [0.15, 0.2) is 231 Å². The monoisotopic (exact) mass is 914 g/mol. The Morgan fingerprint density at radius 3 is 0.814 bits per heavy atom. The van der Waals surface area contributed by atoms with Crippen molar-refractivity contribution in [1.82, 2.24) is 18.3 Å². The summed E-state index contributed by atoms with van der Waals surface area (Å²) in [7, 11) is -2.49. The van der Waals surface area contributed by atoms with Crippen molar-refractivity contribution < 1.29 is 0 Å². The Balaban J connectivity index is 0.907. The number of benzene rings is 10. The molecule has 4 aromatic heterocycles. The van der Waals surface area contributed by atoms with Crippen LogP contribution in [0.4, 0.5) is 0 Å². The minimum atomic E-state index is -2.49. The Hall–Kier alpha value is -8.38. The van der Waals surface area contributed by atoms with Crippen LogP contribution in [0.1, 0.15) is 20.8 Å². The minimum absolute atomic E-state index is 0.0136. The fraction of sp³-hybridized carbons (Fsp3) is 0.0769. The average Bonchev–Trinajstić information content (AvgIpc) is 4.13. The molecule has 4 heterocycles. The van der Waals surface area contributed by atoms with E-state index in [4.69, 9.17) is 0 Å². The van der Waals surface area contributed by atoms with Crippen LogP contribution in [-0.2, 0) is 0 Å². The molecule has 14 aromatic rings. The van der Waals surface area contributed by atoms with Gasteiger partial charge in [0.15, 0.2) is 0 Å². The Morgan fingerprint density at radius 1 is 0.257 bits per heavy atom. The van der Waals surface area contributed by atoms with Crippen molar-refractivity contribution in [3.8, 4) is 22.7 Å². The molecule has 70 heavy (non-hydrogen) atoms. The van der Waals surface area contributed by atoms with Gasteiger partial charge in [-0.15, -0.1) is 0 Å². The van der Waals surface area contributed by atoms with Crippen molar-refractivity contribution in [2.75, 3.05) is 0 Å². The maximum atomic E-state index is 2.58. The number of hydrogen-bond acceptors (Lipinski definition) is 0. The lowest BCUT2D eigenvalue weighted by Crippen LogP contribution is -2.62. The summed E-state index contributed by atoms with van der Waals surface area (Å²) in [4.78, 5) is 0. The molecule has 0 saturated carbocycles. The highest BCUT2D eigenvalue weighted by Crippen LogP contribution is 2.41. The summed E-state index contributed by atoms with van der Waals surface area (Å²) in [6.07, 6.45) is 0. The van der Waals surface area contributed by atoms with Gasteiger partial charge >= 0.3 is 0 Å².